The molecule has 1 N–H and O–H groups in total. The van der Waals surface area contributed by atoms with Crippen molar-refractivity contribution in [2.75, 3.05) is 13.2 Å². The summed E-state index contributed by atoms with van der Waals surface area (Å²) in [6.45, 7) is 5.25. The van der Waals surface area contributed by atoms with Crippen LogP contribution in [-0.2, 0) is 11.4 Å². The van der Waals surface area contributed by atoms with Gasteiger partial charge in [0.25, 0.3) is 5.91 Å². The Bertz CT molecular complexity index is 1310. The third kappa shape index (κ3) is 6.74. The third-order valence-electron chi connectivity index (χ3n) is 4.99. The molecular formula is C27H24ClIN2O4S. The first-order valence-electron chi connectivity index (χ1n) is 11.3. The van der Waals surface area contributed by atoms with E-state index < -0.39 is 0 Å². The number of nitrogens with zero attached hydrogens (tertiary/aromatic N) is 1. The van der Waals surface area contributed by atoms with Gasteiger partial charge in [-0.2, -0.15) is 0 Å². The summed E-state index contributed by atoms with van der Waals surface area (Å²) in [7, 11) is 0. The summed E-state index contributed by atoms with van der Waals surface area (Å²) in [6.07, 6.45) is 1.82. The highest BCUT2D eigenvalue weighted by atomic mass is 127. The molecule has 1 saturated heterocycles. The van der Waals surface area contributed by atoms with Crippen molar-refractivity contribution in [1.29, 1.82) is 0 Å². The predicted molar refractivity (Wildman–Crippen MR) is 155 cm³/mol. The van der Waals surface area contributed by atoms with E-state index in [1.54, 1.807) is 0 Å². The fraction of sp³-hybridized carbons (Fsp3) is 0.185. The van der Waals surface area contributed by atoms with Crippen molar-refractivity contribution in [3.05, 3.63) is 85.3 Å². The maximum absolute atomic E-state index is 12.6. The standard InChI is InChI=1S/C27H24ClIN2O4S/c1-3-33-20-11-9-19(10-12-20)30-27-31-26(32)24(36-27)15-17-13-22(29)25(23(14-17)34-4-2)35-16-18-7-5-6-8-21(18)28/h5-15H,3-4,16H2,1-2H3,(H,30,31,32)/b24-15+. The molecule has 6 nitrogen and oxygen atoms in total. The Morgan fingerprint density at radius 1 is 1.03 bits per heavy atom. The van der Waals surface area contributed by atoms with E-state index in [9.17, 15) is 4.79 Å². The van der Waals surface area contributed by atoms with Crippen molar-refractivity contribution in [2.24, 2.45) is 4.99 Å². The highest BCUT2D eigenvalue weighted by Crippen LogP contribution is 2.37. The molecule has 0 aromatic heterocycles. The van der Waals surface area contributed by atoms with Crippen LogP contribution in [0.5, 0.6) is 17.2 Å². The average Bonchev–Trinajstić information content (AvgIpc) is 3.19. The van der Waals surface area contributed by atoms with Gasteiger partial charge in [0.05, 0.1) is 27.4 Å². The van der Waals surface area contributed by atoms with E-state index in [2.05, 4.69) is 32.9 Å². The fourth-order valence-electron chi connectivity index (χ4n) is 3.37. The molecule has 1 aliphatic heterocycles. The van der Waals surface area contributed by atoms with Crippen molar-refractivity contribution in [1.82, 2.24) is 5.32 Å². The lowest BCUT2D eigenvalue weighted by Crippen LogP contribution is -2.19. The van der Waals surface area contributed by atoms with Crippen LogP contribution in [0.4, 0.5) is 5.69 Å². The lowest BCUT2D eigenvalue weighted by Gasteiger charge is -2.15. The van der Waals surface area contributed by atoms with Crippen LogP contribution in [0.1, 0.15) is 25.0 Å². The van der Waals surface area contributed by atoms with E-state index in [1.165, 1.54) is 11.8 Å². The van der Waals surface area contributed by atoms with Crippen LogP contribution in [0.15, 0.2) is 70.6 Å². The van der Waals surface area contributed by atoms with Gasteiger partial charge >= 0.3 is 0 Å². The fourth-order valence-corrected chi connectivity index (χ4v) is 5.19. The number of hydrogen-bond donors (Lipinski definition) is 1. The molecule has 0 atom stereocenters. The normalized spacial score (nSPS) is 15.3. The Hall–Kier alpha value is -2.69. The lowest BCUT2D eigenvalue weighted by molar-refractivity contribution is -0.115. The van der Waals surface area contributed by atoms with Gasteiger partial charge in [0.15, 0.2) is 16.7 Å². The molecular weight excluding hydrogens is 611 g/mol. The third-order valence-corrected chi connectivity index (χ3v) is 7.07. The first kappa shape index (κ1) is 26.4. The second-order valence-electron chi connectivity index (χ2n) is 7.55. The summed E-state index contributed by atoms with van der Waals surface area (Å²) in [6, 6.07) is 18.8. The number of hydrogen-bond acceptors (Lipinski definition) is 6. The van der Waals surface area contributed by atoms with Gasteiger partial charge in [-0.25, -0.2) is 4.99 Å². The number of amidine groups is 1. The zero-order valence-corrected chi connectivity index (χ0v) is 23.4. The van der Waals surface area contributed by atoms with Gasteiger partial charge in [0.1, 0.15) is 12.4 Å². The molecule has 3 aromatic rings. The minimum atomic E-state index is -0.197. The maximum Gasteiger partial charge on any atom is 0.264 e. The molecule has 186 valence electrons. The van der Waals surface area contributed by atoms with E-state index >= 15 is 0 Å². The van der Waals surface area contributed by atoms with Crippen molar-refractivity contribution in [3.8, 4) is 17.2 Å². The van der Waals surface area contributed by atoms with Crippen molar-refractivity contribution >= 4 is 68.8 Å². The summed E-state index contributed by atoms with van der Waals surface area (Å²) < 4.78 is 18.3. The SMILES string of the molecule is CCOc1ccc(N=C2NC(=O)/C(=C\c3cc(I)c(OCc4ccccc4Cl)c(OCC)c3)S2)cc1. The van der Waals surface area contributed by atoms with Gasteiger partial charge in [0.2, 0.25) is 0 Å². The van der Waals surface area contributed by atoms with E-state index in [-0.39, 0.29) is 5.91 Å². The minimum absolute atomic E-state index is 0.197. The number of carbonyl (C=O) groups is 1. The van der Waals surface area contributed by atoms with Crippen LogP contribution in [0.3, 0.4) is 0 Å². The smallest absolute Gasteiger partial charge is 0.264 e. The second-order valence-corrected chi connectivity index (χ2v) is 10.2. The molecule has 1 aliphatic rings. The van der Waals surface area contributed by atoms with Crippen molar-refractivity contribution in [2.45, 2.75) is 20.5 Å². The number of ether oxygens (including phenoxy) is 3. The molecule has 1 amide bonds. The van der Waals surface area contributed by atoms with Crippen molar-refractivity contribution < 1.29 is 19.0 Å². The number of halogens is 2. The zero-order valence-electron chi connectivity index (χ0n) is 19.7. The molecule has 3 aromatic carbocycles. The predicted octanol–water partition coefficient (Wildman–Crippen LogP) is 7.21. The molecule has 1 heterocycles. The van der Waals surface area contributed by atoms with Crippen LogP contribution in [-0.4, -0.2) is 24.3 Å². The van der Waals surface area contributed by atoms with Gasteiger partial charge in [-0.1, -0.05) is 29.8 Å². The van der Waals surface area contributed by atoms with Crippen LogP contribution in [0.25, 0.3) is 6.08 Å². The van der Waals surface area contributed by atoms with E-state index in [0.29, 0.717) is 46.4 Å². The molecule has 36 heavy (non-hydrogen) atoms. The van der Waals surface area contributed by atoms with E-state index in [4.69, 9.17) is 25.8 Å². The Labute approximate surface area is 233 Å². The van der Waals surface area contributed by atoms with Gasteiger partial charge in [-0.3, -0.25) is 4.79 Å². The number of amides is 1. The first-order chi connectivity index (χ1) is 17.5. The zero-order chi connectivity index (χ0) is 25.5. The monoisotopic (exact) mass is 634 g/mol. The molecule has 0 radical (unpaired) electrons. The van der Waals surface area contributed by atoms with Crippen LogP contribution in [0, 0.1) is 3.57 Å². The van der Waals surface area contributed by atoms with Crippen LogP contribution >= 0.6 is 46.0 Å². The number of rotatable bonds is 9. The summed E-state index contributed by atoms with van der Waals surface area (Å²) >= 11 is 9.78. The quantitative estimate of drug-likeness (QED) is 0.199. The van der Waals surface area contributed by atoms with Gasteiger partial charge < -0.3 is 19.5 Å². The second kappa shape index (κ2) is 12.5. The Morgan fingerprint density at radius 2 is 1.78 bits per heavy atom. The highest BCUT2D eigenvalue weighted by molar-refractivity contribution is 14.1. The number of carbonyl (C=O) groups excluding carboxylic acids is 1. The summed E-state index contributed by atoms with van der Waals surface area (Å²) in [4.78, 5) is 17.7. The Kier molecular flexibility index (Phi) is 9.17. The topological polar surface area (TPSA) is 69.2 Å². The van der Waals surface area contributed by atoms with Gasteiger partial charge in [-0.05, 0) is 102 Å². The molecule has 0 saturated carbocycles. The van der Waals surface area contributed by atoms with Crippen LogP contribution in [0.2, 0.25) is 5.02 Å². The number of benzene rings is 3. The maximum atomic E-state index is 12.6. The summed E-state index contributed by atoms with van der Waals surface area (Å²) in [5.74, 6) is 1.83. The molecule has 0 aliphatic carbocycles. The largest absolute Gasteiger partial charge is 0.494 e. The molecule has 0 unspecified atom stereocenters. The van der Waals surface area contributed by atoms with E-state index in [1.807, 2.05) is 80.6 Å². The average molecular weight is 635 g/mol. The first-order valence-corrected chi connectivity index (χ1v) is 13.6. The molecule has 0 spiro atoms. The van der Waals surface area contributed by atoms with Crippen molar-refractivity contribution in [3.63, 3.8) is 0 Å². The summed E-state index contributed by atoms with van der Waals surface area (Å²) in [5.41, 5.74) is 2.45. The number of thioether (sulfide) groups is 1. The molecule has 9 heteroatoms. The van der Waals surface area contributed by atoms with Gasteiger partial charge in [-0.15, -0.1) is 0 Å². The molecule has 0 bridgehead atoms. The Morgan fingerprint density at radius 3 is 2.50 bits per heavy atom. The lowest BCUT2D eigenvalue weighted by atomic mass is 10.1. The van der Waals surface area contributed by atoms with E-state index in [0.717, 1.165) is 26.1 Å². The Balaban J connectivity index is 1.53. The number of nitrogens with one attached hydrogen (secondary N) is 1. The van der Waals surface area contributed by atoms with Gasteiger partial charge in [0, 0.05) is 10.6 Å². The summed E-state index contributed by atoms with van der Waals surface area (Å²) in [5, 5.41) is 4.00. The number of aliphatic imine (C=N–C) groups is 1. The molecule has 4 rings (SSSR count). The highest BCUT2D eigenvalue weighted by Gasteiger charge is 2.24. The molecule has 1 fully saturated rings. The minimum Gasteiger partial charge on any atom is -0.494 e. The van der Waals surface area contributed by atoms with Crippen LogP contribution < -0.4 is 19.5 Å².